The molecule has 0 saturated heterocycles. The summed E-state index contributed by atoms with van der Waals surface area (Å²) < 4.78 is 7.06. The highest BCUT2D eigenvalue weighted by Gasteiger charge is 2.13. The molecule has 1 aromatic heterocycles. The van der Waals surface area contributed by atoms with E-state index < -0.39 is 0 Å². The summed E-state index contributed by atoms with van der Waals surface area (Å²) in [4.78, 5) is 12.2. The lowest BCUT2D eigenvalue weighted by Crippen LogP contribution is -2.06. The minimum Gasteiger partial charge on any atom is -0.496 e. The molecule has 1 heterocycles. The minimum atomic E-state index is 0.0954. The monoisotopic (exact) mass is 258 g/mol. The first-order chi connectivity index (χ1) is 9.11. The molecule has 0 aliphatic rings. The molecule has 0 atom stereocenters. The highest BCUT2D eigenvalue weighted by molar-refractivity contribution is 5.98. The SMILES string of the molecule is COc1cc(C)ccc1C(=O)CCc1ccnn1C. The number of hydrogen-bond acceptors (Lipinski definition) is 3. The quantitative estimate of drug-likeness (QED) is 0.774. The van der Waals surface area contributed by atoms with Gasteiger partial charge in [-0.3, -0.25) is 9.48 Å². The molecule has 0 radical (unpaired) electrons. The van der Waals surface area contributed by atoms with Gasteiger partial charge in [0.15, 0.2) is 5.78 Å². The van der Waals surface area contributed by atoms with Gasteiger partial charge in [0.1, 0.15) is 5.75 Å². The maximum absolute atomic E-state index is 12.2. The van der Waals surface area contributed by atoms with Crippen molar-refractivity contribution < 1.29 is 9.53 Å². The number of rotatable bonds is 5. The normalized spacial score (nSPS) is 10.5. The predicted octanol–water partition coefficient (Wildman–Crippen LogP) is 2.55. The van der Waals surface area contributed by atoms with Crippen molar-refractivity contribution in [3.63, 3.8) is 0 Å². The van der Waals surface area contributed by atoms with Gasteiger partial charge >= 0.3 is 0 Å². The second-order valence-corrected chi connectivity index (χ2v) is 4.57. The number of aryl methyl sites for hydroxylation is 3. The van der Waals surface area contributed by atoms with Crippen molar-refractivity contribution >= 4 is 5.78 Å². The smallest absolute Gasteiger partial charge is 0.166 e. The molecule has 4 heteroatoms. The van der Waals surface area contributed by atoms with E-state index in [4.69, 9.17) is 4.74 Å². The van der Waals surface area contributed by atoms with Crippen molar-refractivity contribution in [3.8, 4) is 5.75 Å². The lowest BCUT2D eigenvalue weighted by atomic mass is 10.0. The Kier molecular flexibility index (Phi) is 4.00. The molecule has 19 heavy (non-hydrogen) atoms. The molecule has 100 valence electrons. The third-order valence-corrected chi connectivity index (χ3v) is 3.19. The molecule has 0 spiro atoms. The third kappa shape index (κ3) is 3.02. The number of ketones is 1. The van der Waals surface area contributed by atoms with Gasteiger partial charge in [0.2, 0.25) is 0 Å². The molecule has 1 aromatic carbocycles. The van der Waals surface area contributed by atoms with E-state index in [1.165, 1.54) is 0 Å². The maximum Gasteiger partial charge on any atom is 0.166 e. The Balaban J connectivity index is 2.10. The van der Waals surface area contributed by atoms with Gasteiger partial charge in [0.25, 0.3) is 0 Å². The van der Waals surface area contributed by atoms with Crippen molar-refractivity contribution in [2.45, 2.75) is 19.8 Å². The molecule has 4 nitrogen and oxygen atoms in total. The average molecular weight is 258 g/mol. The number of methoxy groups -OCH3 is 1. The van der Waals surface area contributed by atoms with Gasteiger partial charge in [-0.1, -0.05) is 6.07 Å². The Labute approximate surface area is 113 Å². The summed E-state index contributed by atoms with van der Waals surface area (Å²) in [6.45, 7) is 1.98. The Morgan fingerprint density at radius 2 is 2.16 bits per heavy atom. The van der Waals surface area contributed by atoms with Gasteiger partial charge in [0.05, 0.1) is 12.7 Å². The first-order valence-electron chi connectivity index (χ1n) is 6.26. The molecule has 2 rings (SSSR count). The fraction of sp³-hybridized carbons (Fsp3) is 0.333. The third-order valence-electron chi connectivity index (χ3n) is 3.19. The first-order valence-corrected chi connectivity index (χ1v) is 6.26. The largest absolute Gasteiger partial charge is 0.496 e. The van der Waals surface area contributed by atoms with Crippen LogP contribution in [0.4, 0.5) is 0 Å². The van der Waals surface area contributed by atoms with Crippen LogP contribution in [0.1, 0.15) is 28.0 Å². The zero-order valence-electron chi connectivity index (χ0n) is 11.5. The van der Waals surface area contributed by atoms with Crippen LogP contribution in [0.25, 0.3) is 0 Å². The van der Waals surface area contributed by atoms with Gasteiger partial charge in [-0.25, -0.2) is 0 Å². The van der Waals surface area contributed by atoms with Crippen LogP contribution in [0.15, 0.2) is 30.5 Å². The van der Waals surface area contributed by atoms with Crippen molar-refractivity contribution in [1.82, 2.24) is 9.78 Å². The fourth-order valence-corrected chi connectivity index (χ4v) is 2.05. The zero-order chi connectivity index (χ0) is 13.8. The summed E-state index contributed by atoms with van der Waals surface area (Å²) in [6.07, 6.45) is 2.89. The lowest BCUT2D eigenvalue weighted by molar-refractivity contribution is 0.0979. The Morgan fingerprint density at radius 1 is 1.37 bits per heavy atom. The zero-order valence-corrected chi connectivity index (χ0v) is 11.5. The molecule has 0 N–H and O–H groups in total. The van der Waals surface area contributed by atoms with Gasteiger partial charge < -0.3 is 4.74 Å². The number of hydrogen-bond donors (Lipinski definition) is 0. The maximum atomic E-state index is 12.2. The van der Waals surface area contributed by atoms with E-state index in [9.17, 15) is 4.79 Å². The van der Waals surface area contributed by atoms with Crippen LogP contribution in [-0.4, -0.2) is 22.7 Å². The molecular weight excluding hydrogens is 240 g/mol. The molecular formula is C15H18N2O2. The van der Waals surface area contributed by atoms with Crippen LogP contribution in [0.2, 0.25) is 0 Å². The van der Waals surface area contributed by atoms with Crippen LogP contribution in [0.5, 0.6) is 5.75 Å². The summed E-state index contributed by atoms with van der Waals surface area (Å²) in [5.74, 6) is 0.744. The second kappa shape index (κ2) is 5.69. The van der Waals surface area contributed by atoms with E-state index in [1.807, 2.05) is 38.2 Å². The number of Topliss-reactive ketones (excluding diaryl/α,β-unsaturated/α-hetero) is 1. The second-order valence-electron chi connectivity index (χ2n) is 4.57. The van der Waals surface area contributed by atoms with Crippen LogP contribution >= 0.6 is 0 Å². The van der Waals surface area contributed by atoms with Crippen LogP contribution < -0.4 is 4.74 Å². The lowest BCUT2D eigenvalue weighted by Gasteiger charge is -2.08. The van der Waals surface area contributed by atoms with E-state index in [2.05, 4.69) is 5.10 Å². The summed E-state index contributed by atoms with van der Waals surface area (Å²) in [5, 5.41) is 4.09. The molecule has 0 saturated carbocycles. The van der Waals surface area contributed by atoms with Crippen LogP contribution in [0.3, 0.4) is 0 Å². The van der Waals surface area contributed by atoms with Crippen LogP contribution in [-0.2, 0) is 13.5 Å². The molecule has 0 unspecified atom stereocenters. The number of ether oxygens (including phenoxy) is 1. The predicted molar refractivity (Wildman–Crippen MR) is 73.6 cm³/mol. The molecule has 0 fully saturated rings. The average Bonchev–Trinajstić information content (AvgIpc) is 2.81. The van der Waals surface area contributed by atoms with Gasteiger partial charge in [-0.15, -0.1) is 0 Å². The van der Waals surface area contributed by atoms with E-state index in [1.54, 1.807) is 18.0 Å². The first kappa shape index (κ1) is 13.3. The van der Waals surface area contributed by atoms with E-state index in [-0.39, 0.29) is 5.78 Å². The highest BCUT2D eigenvalue weighted by atomic mass is 16.5. The molecule has 0 aliphatic carbocycles. The Bertz CT molecular complexity index is 588. The number of carbonyl (C=O) groups excluding carboxylic acids is 1. The van der Waals surface area contributed by atoms with Crippen molar-refractivity contribution in [1.29, 1.82) is 0 Å². The summed E-state index contributed by atoms with van der Waals surface area (Å²) >= 11 is 0. The Morgan fingerprint density at radius 3 is 2.79 bits per heavy atom. The number of nitrogens with zero attached hydrogens (tertiary/aromatic N) is 2. The highest BCUT2D eigenvalue weighted by Crippen LogP contribution is 2.22. The van der Waals surface area contributed by atoms with E-state index in [0.29, 0.717) is 24.2 Å². The van der Waals surface area contributed by atoms with E-state index in [0.717, 1.165) is 11.3 Å². The number of carbonyl (C=O) groups is 1. The molecule has 0 bridgehead atoms. The van der Waals surface area contributed by atoms with Crippen LogP contribution in [0, 0.1) is 6.92 Å². The topological polar surface area (TPSA) is 44.1 Å². The van der Waals surface area contributed by atoms with Crippen molar-refractivity contribution in [2.75, 3.05) is 7.11 Å². The number of benzene rings is 1. The van der Waals surface area contributed by atoms with E-state index >= 15 is 0 Å². The summed E-state index contributed by atoms with van der Waals surface area (Å²) in [5.41, 5.74) is 2.79. The fourth-order valence-electron chi connectivity index (χ4n) is 2.05. The summed E-state index contributed by atoms with van der Waals surface area (Å²) in [7, 11) is 3.47. The van der Waals surface area contributed by atoms with Gasteiger partial charge in [-0.2, -0.15) is 5.10 Å². The molecule has 0 amide bonds. The van der Waals surface area contributed by atoms with Crippen molar-refractivity contribution in [2.24, 2.45) is 7.05 Å². The molecule has 2 aromatic rings. The molecule has 0 aliphatic heterocycles. The van der Waals surface area contributed by atoms with Gasteiger partial charge in [0, 0.05) is 25.4 Å². The van der Waals surface area contributed by atoms with Crippen molar-refractivity contribution in [3.05, 3.63) is 47.3 Å². The summed E-state index contributed by atoms with van der Waals surface area (Å²) in [6, 6.07) is 7.58. The Hall–Kier alpha value is -2.10. The number of aromatic nitrogens is 2. The minimum absolute atomic E-state index is 0.0954. The standard InChI is InChI=1S/C15H18N2O2/c1-11-4-6-13(15(10-11)19-3)14(18)7-5-12-8-9-16-17(12)2/h4,6,8-10H,5,7H2,1-3H3. The van der Waals surface area contributed by atoms with Gasteiger partial charge in [-0.05, 0) is 37.1 Å².